The second-order valence-corrected chi connectivity index (χ2v) is 6.39. The van der Waals surface area contributed by atoms with Gasteiger partial charge in [-0.2, -0.15) is 0 Å². The molecule has 0 spiro atoms. The van der Waals surface area contributed by atoms with Crippen LogP contribution in [-0.4, -0.2) is 66.9 Å². The Bertz CT molecular complexity index is 575. The van der Waals surface area contributed by atoms with E-state index in [0.717, 1.165) is 11.3 Å². The Balaban J connectivity index is 1.61. The summed E-state index contributed by atoms with van der Waals surface area (Å²) in [5.74, 6) is 1.45. The highest BCUT2D eigenvalue weighted by molar-refractivity contribution is 5.79. The first kappa shape index (κ1) is 15.1. The van der Waals surface area contributed by atoms with Crippen molar-refractivity contribution in [2.24, 2.45) is 0 Å². The average Bonchev–Trinajstić information content (AvgIpc) is 3.04. The highest BCUT2D eigenvalue weighted by Gasteiger charge is 2.38. The minimum atomic E-state index is -0.798. The zero-order valence-corrected chi connectivity index (χ0v) is 13.0. The van der Waals surface area contributed by atoms with Crippen molar-refractivity contribution < 1.29 is 19.4 Å². The highest BCUT2D eigenvalue weighted by Crippen LogP contribution is 2.33. The second kappa shape index (κ2) is 5.78. The van der Waals surface area contributed by atoms with Crippen LogP contribution in [0.2, 0.25) is 0 Å². The molecule has 22 heavy (non-hydrogen) atoms. The fraction of sp³-hybridized carbons (Fsp3) is 0.562. The number of carbonyl (C=O) groups is 1. The van der Waals surface area contributed by atoms with Crippen LogP contribution in [-0.2, 0) is 11.2 Å². The van der Waals surface area contributed by atoms with Gasteiger partial charge in [-0.15, -0.1) is 0 Å². The van der Waals surface area contributed by atoms with Crippen LogP contribution in [0.4, 0.5) is 0 Å². The van der Waals surface area contributed by atoms with Crippen LogP contribution in [0.3, 0.4) is 0 Å². The molecule has 0 radical (unpaired) electrons. The number of ether oxygens (including phenoxy) is 2. The number of aliphatic hydroxyl groups is 1. The van der Waals surface area contributed by atoms with Gasteiger partial charge < -0.3 is 24.4 Å². The monoisotopic (exact) mass is 306 g/mol. The van der Waals surface area contributed by atoms with Gasteiger partial charge in [0, 0.05) is 13.1 Å². The van der Waals surface area contributed by atoms with Gasteiger partial charge in [-0.25, -0.2) is 0 Å². The Morgan fingerprint density at radius 2 is 2.14 bits per heavy atom. The van der Waals surface area contributed by atoms with E-state index in [1.54, 1.807) is 4.90 Å². The molecular weight excluding hydrogens is 284 g/mol. The molecule has 2 aliphatic rings. The van der Waals surface area contributed by atoms with E-state index in [9.17, 15) is 9.90 Å². The van der Waals surface area contributed by atoms with Gasteiger partial charge in [0.15, 0.2) is 11.5 Å². The van der Waals surface area contributed by atoms with E-state index in [-0.39, 0.29) is 12.7 Å². The number of carbonyl (C=O) groups excluding carboxylic acids is 1. The van der Waals surface area contributed by atoms with Crippen molar-refractivity contribution in [2.45, 2.75) is 18.4 Å². The molecule has 0 saturated carbocycles. The minimum absolute atomic E-state index is 0.0357. The average molecular weight is 306 g/mol. The fourth-order valence-corrected chi connectivity index (χ4v) is 3.12. The van der Waals surface area contributed by atoms with Crippen LogP contribution < -0.4 is 9.47 Å². The Kier molecular flexibility index (Phi) is 3.97. The van der Waals surface area contributed by atoms with Crippen molar-refractivity contribution in [3.8, 4) is 11.5 Å². The summed E-state index contributed by atoms with van der Waals surface area (Å²) in [4.78, 5) is 16.1. The predicted molar refractivity (Wildman–Crippen MR) is 81.0 cm³/mol. The summed E-state index contributed by atoms with van der Waals surface area (Å²) in [6.45, 7) is 1.81. The van der Waals surface area contributed by atoms with Crippen molar-refractivity contribution in [2.75, 3.05) is 40.5 Å². The molecule has 1 fully saturated rings. The molecule has 2 heterocycles. The van der Waals surface area contributed by atoms with Gasteiger partial charge in [0.1, 0.15) is 0 Å². The normalized spacial score (nSPS) is 23.4. The number of amides is 1. The lowest BCUT2D eigenvalue weighted by molar-refractivity contribution is -0.130. The van der Waals surface area contributed by atoms with E-state index in [4.69, 9.17) is 9.47 Å². The summed E-state index contributed by atoms with van der Waals surface area (Å²) < 4.78 is 10.6. The molecular formula is C16H22N2O4. The van der Waals surface area contributed by atoms with Crippen LogP contribution in [0.25, 0.3) is 0 Å². The molecule has 6 heteroatoms. The third-order valence-corrected chi connectivity index (χ3v) is 4.09. The van der Waals surface area contributed by atoms with Crippen LogP contribution in [0.15, 0.2) is 18.2 Å². The summed E-state index contributed by atoms with van der Waals surface area (Å²) in [6, 6.07) is 5.56. The Morgan fingerprint density at radius 3 is 2.91 bits per heavy atom. The van der Waals surface area contributed by atoms with Crippen molar-refractivity contribution in [1.29, 1.82) is 0 Å². The van der Waals surface area contributed by atoms with E-state index in [2.05, 4.69) is 0 Å². The fourth-order valence-electron chi connectivity index (χ4n) is 3.12. The standard InChI is InChI=1S/C16H22N2O4/c1-17(2)9-16(20)5-6-18(10-16)15(19)8-12-3-4-13-14(7-12)22-11-21-13/h3-4,7,20H,5-6,8-11H2,1-2H3. The van der Waals surface area contributed by atoms with Crippen LogP contribution in [0, 0.1) is 0 Å². The molecule has 0 aromatic heterocycles. The van der Waals surface area contributed by atoms with E-state index >= 15 is 0 Å². The first-order chi connectivity index (χ1) is 10.5. The number of hydrogen-bond acceptors (Lipinski definition) is 5. The summed E-state index contributed by atoms with van der Waals surface area (Å²) in [6.07, 6.45) is 0.937. The molecule has 2 aliphatic heterocycles. The summed E-state index contributed by atoms with van der Waals surface area (Å²) >= 11 is 0. The second-order valence-electron chi connectivity index (χ2n) is 6.39. The zero-order valence-electron chi connectivity index (χ0n) is 13.0. The zero-order chi connectivity index (χ0) is 15.7. The Labute approximate surface area is 130 Å². The Hall–Kier alpha value is -1.79. The predicted octanol–water partition coefficient (Wildman–Crippen LogP) is 0.483. The number of rotatable bonds is 4. The number of nitrogens with zero attached hydrogens (tertiary/aromatic N) is 2. The van der Waals surface area contributed by atoms with Gasteiger partial charge in [-0.1, -0.05) is 6.07 Å². The van der Waals surface area contributed by atoms with Gasteiger partial charge in [0.25, 0.3) is 0 Å². The largest absolute Gasteiger partial charge is 0.454 e. The van der Waals surface area contributed by atoms with E-state index in [1.807, 2.05) is 37.2 Å². The maximum absolute atomic E-state index is 12.4. The van der Waals surface area contributed by atoms with E-state index < -0.39 is 5.60 Å². The molecule has 1 unspecified atom stereocenters. The van der Waals surface area contributed by atoms with Crippen LogP contribution >= 0.6 is 0 Å². The van der Waals surface area contributed by atoms with Crippen LogP contribution in [0.1, 0.15) is 12.0 Å². The first-order valence-corrected chi connectivity index (χ1v) is 7.49. The quantitative estimate of drug-likeness (QED) is 0.877. The number of benzene rings is 1. The summed E-state index contributed by atoms with van der Waals surface area (Å²) in [5, 5.41) is 10.5. The van der Waals surface area contributed by atoms with Gasteiger partial charge in [0.05, 0.1) is 18.6 Å². The molecule has 1 aromatic rings. The van der Waals surface area contributed by atoms with Gasteiger partial charge in [-0.3, -0.25) is 4.79 Å². The van der Waals surface area contributed by atoms with Gasteiger partial charge in [0.2, 0.25) is 12.7 Å². The number of β-amino-alcohol motifs (C(OH)–C–C–N with tert-alkyl or cyclic N) is 1. The highest BCUT2D eigenvalue weighted by atomic mass is 16.7. The third kappa shape index (κ3) is 3.18. The number of likely N-dealkylation sites (tertiary alicyclic amines) is 1. The summed E-state index contributed by atoms with van der Waals surface area (Å²) in [5.41, 5.74) is 0.103. The topological polar surface area (TPSA) is 62.2 Å². The molecule has 1 amide bonds. The SMILES string of the molecule is CN(C)CC1(O)CCN(C(=O)Cc2ccc3c(c2)OCO3)C1. The maximum atomic E-state index is 12.4. The van der Waals surface area contributed by atoms with Crippen LogP contribution in [0.5, 0.6) is 11.5 Å². The van der Waals surface area contributed by atoms with Gasteiger partial charge in [-0.05, 0) is 38.2 Å². The molecule has 1 aromatic carbocycles. The molecule has 0 bridgehead atoms. The number of fused-ring (bicyclic) bond motifs is 1. The van der Waals surface area contributed by atoms with Gasteiger partial charge >= 0.3 is 0 Å². The van der Waals surface area contributed by atoms with E-state index in [1.165, 1.54) is 0 Å². The molecule has 1 saturated heterocycles. The minimum Gasteiger partial charge on any atom is -0.454 e. The molecule has 3 rings (SSSR count). The maximum Gasteiger partial charge on any atom is 0.231 e. The summed E-state index contributed by atoms with van der Waals surface area (Å²) in [7, 11) is 3.85. The lowest BCUT2D eigenvalue weighted by Crippen LogP contribution is -2.43. The van der Waals surface area contributed by atoms with Crippen molar-refractivity contribution in [3.05, 3.63) is 23.8 Å². The van der Waals surface area contributed by atoms with E-state index in [0.29, 0.717) is 38.2 Å². The van der Waals surface area contributed by atoms with Crippen molar-refractivity contribution in [3.63, 3.8) is 0 Å². The molecule has 120 valence electrons. The third-order valence-electron chi connectivity index (χ3n) is 4.09. The number of hydrogen-bond donors (Lipinski definition) is 1. The van der Waals surface area contributed by atoms with Crippen molar-refractivity contribution in [1.82, 2.24) is 9.80 Å². The molecule has 1 N–H and O–H groups in total. The molecule has 0 aliphatic carbocycles. The smallest absolute Gasteiger partial charge is 0.231 e. The number of likely N-dealkylation sites (N-methyl/N-ethyl adjacent to an activating group) is 1. The molecule has 1 atom stereocenters. The molecule has 6 nitrogen and oxygen atoms in total. The first-order valence-electron chi connectivity index (χ1n) is 7.49. The van der Waals surface area contributed by atoms with Crippen molar-refractivity contribution >= 4 is 5.91 Å². The lowest BCUT2D eigenvalue weighted by Gasteiger charge is -2.26. The lowest BCUT2D eigenvalue weighted by atomic mass is 10.0. The Morgan fingerprint density at radius 1 is 1.36 bits per heavy atom.